The number of nitrogens with one attached hydrogen (secondary N) is 2. The SMILES string of the molecule is Cc1cc(C)c2cc(C(=O)N[C@@H]3CCCN(C)C3)[nH]c2c1C. The molecule has 3 rings (SSSR count). The van der Waals surface area contributed by atoms with Gasteiger partial charge >= 0.3 is 0 Å². The Kier molecular flexibility index (Phi) is 3.96. The van der Waals surface area contributed by atoms with Gasteiger partial charge in [-0.05, 0) is 70.0 Å². The Balaban J connectivity index is 1.85. The summed E-state index contributed by atoms with van der Waals surface area (Å²) in [6, 6.07) is 4.42. The quantitative estimate of drug-likeness (QED) is 0.896. The van der Waals surface area contributed by atoms with Crippen LogP contribution in [0.5, 0.6) is 0 Å². The predicted molar refractivity (Wildman–Crippen MR) is 90.5 cm³/mol. The largest absolute Gasteiger partial charge is 0.350 e. The predicted octanol–water partition coefficient (Wildman–Crippen LogP) is 2.92. The normalized spacial score (nSPS) is 19.5. The van der Waals surface area contributed by atoms with Gasteiger partial charge in [-0.25, -0.2) is 0 Å². The Hall–Kier alpha value is -1.81. The molecular weight excluding hydrogens is 274 g/mol. The van der Waals surface area contributed by atoms with Gasteiger partial charge in [0.05, 0.1) is 0 Å². The molecule has 118 valence electrons. The van der Waals surface area contributed by atoms with Gasteiger partial charge in [-0.3, -0.25) is 4.79 Å². The summed E-state index contributed by atoms with van der Waals surface area (Å²) in [6.45, 7) is 8.37. The molecule has 0 bridgehead atoms. The number of aryl methyl sites for hydroxylation is 3. The summed E-state index contributed by atoms with van der Waals surface area (Å²) in [6.07, 6.45) is 2.21. The van der Waals surface area contributed by atoms with Crippen molar-refractivity contribution in [2.24, 2.45) is 0 Å². The number of fused-ring (bicyclic) bond motifs is 1. The lowest BCUT2D eigenvalue weighted by Crippen LogP contribution is -2.46. The zero-order valence-electron chi connectivity index (χ0n) is 13.9. The van der Waals surface area contributed by atoms with Crippen molar-refractivity contribution in [1.29, 1.82) is 0 Å². The number of likely N-dealkylation sites (N-methyl/N-ethyl adjacent to an activating group) is 1. The van der Waals surface area contributed by atoms with Crippen LogP contribution in [0.2, 0.25) is 0 Å². The summed E-state index contributed by atoms with van der Waals surface area (Å²) in [5, 5.41) is 4.32. The molecule has 0 spiro atoms. The van der Waals surface area contributed by atoms with Crippen LogP contribution in [0.15, 0.2) is 12.1 Å². The van der Waals surface area contributed by atoms with Crippen molar-refractivity contribution in [3.63, 3.8) is 0 Å². The van der Waals surface area contributed by atoms with E-state index >= 15 is 0 Å². The fraction of sp³-hybridized carbons (Fsp3) is 0.500. The Labute approximate surface area is 131 Å². The average Bonchev–Trinajstić information content (AvgIpc) is 2.91. The molecule has 1 aliphatic rings. The number of hydrogen-bond acceptors (Lipinski definition) is 2. The van der Waals surface area contributed by atoms with Gasteiger partial charge in [0.25, 0.3) is 5.91 Å². The molecule has 2 heterocycles. The lowest BCUT2D eigenvalue weighted by atomic mass is 10.0. The van der Waals surface area contributed by atoms with Gasteiger partial charge < -0.3 is 15.2 Å². The number of amides is 1. The molecule has 22 heavy (non-hydrogen) atoms. The van der Waals surface area contributed by atoms with Crippen LogP contribution in [0, 0.1) is 20.8 Å². The van der Waals surface area contributed by atoms with Crippen LogP contribution in [-0.2, 0) is 0 Å². The third kappa shape index (κ3) is 2.75. The van der Waals surface area contributed by atoms with Crippen molar-refractivity contribution in [3.05, 3.63) is 34.5 Å². The fourth-order valence-electron chi connectivity index (χ4n) is 3.44. The minimum absolute atomic E-state index is 0.00736. The van der Waals surface area contributed by atoms with Crippen molar-refractivity contribution >= 4 is 16.8 Å². The number of H-pyrrole nitrogens is 1. The molecule has 0 unspecified atom stereocenters. The van der Waals surface area contributed by atoms with Gasteiger partial charge in [-0.2, -0.15) is 0 Å². The van der Waals surface area contributed by atoms with E-state index in [0.717, 1.165) is 36.8 Å². The van der Waals surface area contributed by atoms with Crippen LogP contribution in [0.1, 0.15) is 40.0 Å². The molecular formula is C18H25N3O. The molecule has 1 aromatic heterocycles. The van der Waals surface area contributed by atoms with E-state index < -0.39 is 0 Å². The van der Waals surface area contributed by atoms with Gasteiger partial charge in [-0.1, -0.05) is 6.07 Å². The van der Waals surface area contributed by atoms with E-state index in [4.69, 9.17) is 0 Å². The smallest absolute Gasteiger partial charge is 0.267 e. The zero-order valence-corrected chi connectivity index (χ0v) is 13.9. The standard InChI is InChI=1S/C18H25N3O/c1-11-8-12(2)15-9-16(20-17(15)13(11)3)18(22)19-14-6-5-7-21(4)10-14/h8-9,14,20H,5-7,10H2,1-4H3,(H,19,22)/t14-/m1/s1. The van der Waals surface area contributed by atoms with Crippen molar-refractivity contribution in [1.82, 2.24) is 15.2 Å². The first-order valence-corrected chi connectivity index (χ1v) is 8.04. The maximum absolute atomic E-state index is 12.5. The summed E-state index contributed by atoms with van der Waals surface area (Å²) in [7, 11) is 2.11. The third-order valence-electron chi connectivity index (χ3n) is 4.85. The first kappa shape index (κ1) is 15.1. The first-order chi connectivity index (χ1) is 10.5. The van der Waals surface area contributed by atoms with Gasteiger partial charge in [-0.15, -0.1) is 0 Å². The Bertz CT molecular complexity index is 717. The topological polar surface area (TPSA) is 48.1 Å². The van der Waals surface area contributed by atoms with E-state index in [1.54, 1.807) is 0 Å². The van der Waals surface area contributed by atoms with E-state index in [1.807, 2.05) is 6.07 Å². The van der Waals surface area contributed by atoms with Gasteiger partial charge in [0, 0.05) is 23.5 Å². The highest BCUT2D eigenvalue weighted by atomic mass is 16.1. The molecule has 0 saturated carbocycles. The minimum Gasteiger partial charge on any atom is -0.350 e. The number of carbonyl (C=O) groups excluding carboxylic acids is 1. The Morgan fingerprint density at radius 2 is 2.05 bits per heavy atom. The van der Waals surface area contributed by atoms with Crippen LogP contribution in [-0.4, -0.2) is 42.0 Å². The monoisotopic (exact) mass is 299 g/mol. The molecule has 2 N–H and O–H groups in total. The number of aromatic amines is 1. The molecule has 1 aliphatic heterocycles. The summed E-state index contributed by atoms with van der Waals surface area (Å²) in [5.41, 5.74) is 5.44. The molecule has 1 fully saturated rings. The maximum Gasteiger partial charge on any atom is 0.267 e. The summed E-state index contributed by atoms with van der Waals surface area (Å²) < 4.78 is 0. The zero-order chi connectivity index (χ0) is 15.9. The second kappa shape index (κ2) is 5.76. The maximum atomic E-state index is 12.5. The molecule has 0 radical (unpaired) electrons. The average molecular weight is 299 g/mol. The molecule has 1 saturated heterocycles. The second-order valence-corrected chi connectivity index (χ2v) is 6.68. The molecule has 2 aromatic rings. The van der Waals surface area contributed by atoms with E-state index in [2.05, 4.69) is 49.1 Å². The molecule has 1 atom stereocenters. The van der Waals surface area contributed by atoms with Gasteiger partial charge in [0.1, 0.15) is 5.69 Å². The minimum atomic E-state index is 0.00736. The van der Waals surface area contributed by atoms with Crippen molar-refractivity contribution in [2.75, 3.05) is 20.1 Å². The van der Waals surface area contributed by atoms with E-state index in [9.17, 15) is 4.79 Å². The second-order valence-electron chi connectivity index (χ2n) is 6.68. The number of nitrogens with zero attached hydrogens (tertiary/aromatic N) is 1. The summed E-state index contributed by atoms with van der Waals surface area (Å²) in [5.74, 6) is 0.00736. The molecule has 1 aromatic carbocycles. The van der Waals surface area contributed by atoms with Gasteiger partial charge in [0.2, 0.25) is 0 Å². The van der Waals surface area contributed by atoms with Crippen LogP contribution in [0.3, 0.4) is 0 Å². The first-order valence-electron chi connectivity index (χ1n) is 8.04. The highest BCUT2D eigenvalue weighted by Crippen LogP contribution is 2.25. The summed E-state index contributed by atoms with van der Waals surface area (Å²) in [4.78, 5) is 18.1. The number of hydrogen-bond donors (Lipinski definition) is 2. The van der Waals surface area contributed by atoms with Crippen LogP contribution in [0.25, 0.3) is 10.9 Å². The van der Waals surface area contributed by atoms with Crippen LogP contribution < -0.4 is 5.32 Å². The lowest BCUT2D eigenvalue weighted by Gasteiger charge is -2.30. The van der Waals surface area contributed by atoms with Gasteiger partial charge in [0.15, 0.2) is 0 Å². The molecule has 1 amide bonds. The molecule has 0 aliphatic carbocycles. The molecule has 4 nitrogen and oxygen atoms in total. The van der Waals surface area contributed by atoms with E-state index in [-0.39, 0.29) is 11.9 Å². The van der Waals surface area contributed by atoms with Crippen molar-refractivity contribution in [3.8, 4) is 0 Å². The third-order valence-corrected chi connectivity index (χ3v) is 4.85. The Morgan fingerprint density at radius 1 is 1.27 bits per heavy atom. The van der Waals surface area contributed by atoms with Crippen LogP contribution >= 0.6 is 0 Å². The fourth-order valence-corrected chi connectivity index (χ4v) is 3.44. The number of aromatic nitrogens is 1. The number of benzene rings is 1. The highest BCUT2D eigenvalue weighted by Gasteiger charge is 2.21. The number of likely N-dealkylation sites (tertiary alicyclic amines) is 1. The Morgan fingerprint density at radius 3 is 2.77 bits per heavy atom. The van der Waals surface area contributed by atoms with Crippen molar-refractivity contribution < 1.29 is 4.79 Å². The number of carbonyl (C=O) groups is 1. The van der Waals surface area contributed by atoms with Crippen LogP contribution in [0.4, 0.5) is 0 Å². The lowest BCUT2D eigenvalue weighted by molar-refractivity contribution is 0.0908. The number of rotatable bonds is 2. The van der Waals surface area contributed by atoms with E-state index in [0.29, 0.717) is 5.69 Å². The number of piperidine rings is 1. The summed E-state index contributed by atoms with van der Waals surface area (Å²) >= 11 is 0. The van der Waals surface area contributed by atoms with E-state index in [1.165, 1.54) is 16.7 Å². The highest BCUT2D eigenvalue weighted by molar-refractivity contribution is 6.00. The van der Waals surface area contributed by atoms with Crippen molar-refractivity contribution in [2.45, 2.75) is 39.7 Å². The molecule has 4 heteroatoms.